The molecule has 3 unspecified atom stereocenters. The van der Waals surface area contributed by atoms with Crippen molar-refractivity contribution in [2.75, 3.05) is 18.5 Å². The molecule has 2 rings (SSSR count). The van der Waals surface area contributed by atoms with E-state index in [-0.39, 0.29) is 23.9 Å². The number of carbonyl (C=O) groups excluding carboxylic acids is 1. The smallest absolute Gasteiger partial charge is 0.227 e. The second-order valence-corrected chi connectivity index (χ2v) is 5.97. The van der Waals surface area contributed by atoms with Crippen LogP contribution in [0.1, 0.15) is 26.3 Å². The van der Waals surface area contributed by atoms with Crippen molar-refractivity contribution in [3.05, 3.63) is 29.8 Å². The predicted molar refractivity (Wildman–Crippen MR) is 82.5 cm³/mol. The Kier molecular flexibility index (Phi) is 4.33. The van der Waals surface area contributed by atoms with Crippen LogP contribution in [-0.2, 0) is 11.3 Å². The minimum absolute atomic E-state index is 0.120. The summed E-state index contributed by atoms with van der Waals surface area (Å²) in [7, 11) is 2.08. The number of hydrogen-bond acceptors (Lipinski definition) is 3. The first-order valence-electron chi connectivity index (χ1n) is 7.27. The molecule has 1 aliphatic heterocycles. The molecule has 4 heteroatoms. The molecule has 110 valence electrons. The van der Waals surface area contributed by atoms with Crippen LogP contribution in [0.2, 0.25) is 0 Å². The number of carbonyl (C=O) groups is 1. The van der Waals surface area contributed by atoms with Gasteiger partial charge in [-0.05, 0) is 25.5 Å². The molecular formula is C16H25N3O. The van der Waals surface area contributed by atoms with Crippen LogP contribution < -0.4 is 10.6 Å². The van der Waals surface area contributed by atoms with E-state index in [9.17, 15) is 4.79 Å². The molecule has 0 bridgehead atoms. The van der Waals surface area contributed by atoms with Gasteiger partial charge in [0.2, 0.25) is 5.91 Å². The highest BCUT2D eigenvalue weighted by atomic mass is 16.2. The van der Waals surface area contributed by atoms with Crippen LogP contribution in [-0.4, -0.2) is 36.5 Å². The average Bonchev–Trinajstić information content (AvgIpc) is 2.54. The zero-order valence-electron chi connectivity index (χ0n) is 12.8. The second kappa shape index (κ2) is 5.83. The first kappa shape index (κ1) is 14.9. The molecule has 0 spiro atoms. The van der Waals surface area contributed by atoms with E-state index in [2.05, 4.69) is 31.0 Å². The number of amides is 1. The van der Waals surface area contributed by atoms with E-state index in [0.29, 0.717) is 6.54 Å². The number of anilines is 1. The van der Waals surface area contributed by atoms with Gasteiger partial charge in [-0.2, -0.15) is 0 Å². The monoisotopic (exact) mass is 275 g/mol. The SMILES string of the molecule is CC(N)C(C)C(=O)N1Cc2ccccc2N(C)CC1C. The number of rotatable bonds is 2. The molecule has 0 aliphatic carbocycles. The number of fused-ring (bicyclic) bond motifs is 1. The highest BCUT2D eigenvalue weighted by molar-refractivity contribution is 5.80. The molecule has 0 fully saturated rings. The van der Waals surface area contributed by atoms with Gasteiger partial charge in [-0.25, -0.2) is 0 Å². The van der Waals surface area contributed by atoms with Crippen molar-refractivity contribution in [1.82, 2.24) is 4.90 Å². The molecule has 3 atom stereocenters. The van der Waals surface area contributed by atoms with Crippen molar-refractivity contribution in [2.45, 2.75) is 39.4 Å². The number of benzene rings is 1. The summed E-state index contributed by atoms with van der Waals surface area (Å²) < 4.78 is 0. The zero-order chi connectivity index (χ0) is 14.9. The summed E-state index contributed by atoms with van der Waals surface area (Å²) in [5.74, 6) is 0.00521. The molecule has 1 aromatic carbocycles. The molecule has 1 aromatic rings. The van der Waals surface area contributed by atoms with E-state index in [0.717, 1.165) is 6.54 Å². The lowest BCUT2D eigenvalue weighted by atomic mass is 10.0. The van der Waals surface area contributed by atoms with Gasteiger partial charge in [0.25, 0.3) is 0 Å². The number of nitrogens with two attached hydrogens (primary N) is 1. The maximum absolute atomic E-state index is 12.6. The lowest BCUT2D eigenvalue weighted by Crippen LogP contribution is -2.47. The lowest BCUT2D eigenvalue weighted by molar-refractivity contribution is -0.138. The van der Waals surface area contributed by atoms with Gasteiger partial charge in [0.05, 0.1) is 5.92 Å². The summed E-state index contributed by atoms with van der Waals surface area (Å²) in [4.78, 5) is 16.8. The fraction of sp³-hybridized carbons (Fsp3) is 0.562. The van der Waals surface area contributed by atoms with Gasteiger partial charge in [0, 0.05) is 37.9 Å². The Bertz CT molecular complexity index is 486. The van der Waals surface area contributed by atoms with Crippen molar-refractivity contribution in [3.8, 4) is 0 Å². The lowest BCUT2D eigenvalue weighted by Gasteiger charge is -2.31. The Morgan fingerprint density at radius 3 is 2.65 bits per heavy atom. The fourth-order valence-corrected chi connectivity index (χ4v) is 2.73. The molecule has 0 saturated heterocycles. The first-order valence-corrected chi connectivity index (χ1v) is 7.27. The molecule has 0 radical (unpaired) electrons. The summed E-state index contributed by atoms with van der Waals surface area (Å²) in [6, 6.07) is 8.35. The number of likely N-dealkylation sites (N-methyl/N-ethyl adjacent to an activating group) is 1. The van der Waals surface area contributed by atoms with Gasteiger partial charge in [0.15, 0.2) is 0 Å². The zero-order valence-corrected chi connectivity index (χ0v) is 12.8. The van der Waals surface area contributed by atoms with Crippen LogP contribution in [0.3, 0.4) is 0 Å². The van der Waals surface area contributed by atoms with E-state index in [4.69, 9.17) is 5.73 Å². The molecular weight excluding hydrogens is 250 g/mol. The molecule has 4 nitrogen and oxygen atoms in total. The Morgan fingerprint density at radius 2 is 2.00 bits per heavy atom. The predicted octanol–water partition coefficient (Wildman–Crippen LogP) is 1.84. The molecule has 1 amide bonds. The van der Waals surface area contributed by atoms with E-state index >= 15 is 0 Å². The fourth-order valence-electron chi connectivity index (χ4n) is 2.73. The van der Waals surface area contributed by atoms with Crippen LogP contribution in [0.5, 0.6) is 0 Å². The third-order valence-electron chi connectivity index (χ3n) is 4.27. The van der Waals surface area contributed by atoms with Crippen molar-refractivity contribution in [1.29, 1.82) is 0 Å². The van der Waals surface area contributed by atoms with Crippen molar-refractivity contribution >= 4 is 11.6 Å². The second-order valence-electron chi connectivity index (χ2n) is 5.97. The topological polar surface area (TPSA) is 49.6 Å². The van der Waals surface area contributed by atoms with E-state index < -0.39 is 0 Å². The van der Waals surface area contributed by atoms with Crippen LogP contribution in [0.15, 0.2) is 24.3 Å². The standard InChI is InChI=1S/C16H25N3O/c1-11-9-18(4)15-8-6-5-7-14(15)10-19(11)16(20)12(2)13(3)17/h5-8,11-13H,9-10,17H2,1-4H3. The van der Waals surface area contributed by atoms with E-state index in [1.165, 1.54) is 11.3 Å². The van der Waals surface area contributed by atoms with Crippen molar-refractivity contribution in [3.63, 3.8) is 0 Å². The van der Waals surface area contributed by atoms with Gasteiger partial charge in [-0.15, -0.1) is 0 Å². The maximum Gasteiger partial charge on any atom is 0.227 e. The Labute approximate surface area is 121 Å². The molecule has 20 heavy (non-hydrogen) atoms. The highest BCUT2D eigenvalue weighted by Gasteiger charge is 2.30. The minimum Gasteiger partial charge on any atom is -0.372 e. The van der Waals surface area contributed by atoms with Crippen molar-refractivity contribution < 1.29 is 4.79 Å². The molecule has 1 aliphatic rings. The minimum atomic E-state index is -0.145. The Morgan fingerprint density at radius 1 is 1.35 bits per heavy atom. The molecule has 2 N–H and O–H groups in total. The molecule has 0 aromatic heterocycles. The third-order valence-corrected chi connectivity index (χ3v) is 4.27. The maximum atomic E-state index is 12.6. The van der Waals surface area contributed by atoms with E-state index in [1.54, 1.807) is 0 Å². The summed E-state index contributed by atoms with van der Waals surface area (Å²) in [5.41, 5.74) is 8.30. The van der Waals surface area contributed by atoms with Crippen LogP contribution in [0.25, 0.3) is 0 Å². The normalized spacial score (nSPS) is 21.9. The summed E-state index contributed by atoms with van der Waals surface area (Å²) in [6.45, 7) is 7.42. The van der Waals surface area contributed by atoms with Gasteiger partial charge in [-0.3, -0.25) is 4.79 Å². The van der Waals surface area contributed by atoms with E-state index in [1.807, 2.05) is 30.9 Å². The summed E-state index contributed by atoms with van der Waals surface area (Å²) in [5, 5.41) is 0. The quantitative estimate of drug-likeness (QED) is 0.896. The first-order chi connectivity index (χ1) is 9.41. The number of para-hydroxylation sites is 1. The number of nitrogens with zero attached hydrogens (tertiary/aromatic N) is 2. The third kappa shape index (κ3) is 2.80. The average molecular weight is 275 g/mol. The van der Waals surface area contributed by atoms with Crippen molar-refractivity contribution in [2.24, 2.45) is 11.7 Å². The van der Waals surface area contributed by atoms with Crippen LogP contribution >= 0.6 is 0 Å². The summed E-state index contributed by atoms with van der Waals surface area (Å²) in [6.07, 6.45) is 0. The Hall–Kier alpha value is -1.55. The highest BCUT2D eigenvalue weighted by Crippen LogP contribution is 2.27. The molecule has 1 heterocycles. The van der Waals surface area contributed by atoms with Crippen LogP contribution in [0, 0.1) is 5.92 Å². The van der Waals surface area contributed by atoms with Gasteiger partial charge in [0.1, 0.15) is 0 Å². The van der Waals surface area contributed by atoms with Crippen LogP contribution in [0.4, 0.5) is 5.69 Å². The molecule has 0 saturated carbocycles. The van der Waals surface area contributed by atoms with Gasteiger partial charge in [-0.1, -0.05) is 25.1 Å². The number of hydrogen-bond donors (Lipinski definition) is 1. The summed E-state index contributed by atoms with van der Waals surface area (Å²) >= 11 is 0. The largest absolute Gasteiger partial charge is 0.372 e. The Balaban J connectivity index is 2.30. The van der Waals surface area contributed by atoms with Gasteiger partial charge >= 0.3 is 0 Å². The van der Waals surface area contributed by atoms with Gasteiger partial charge < -0.3 is 15.5 Å².